The number of carbonyl (C=O) groups is 3. The minimum absolute atomic E-state index is 0.0150. The summed E-state index contributed by atoms with van der Waals surface area (Å²) in [5.41, 5.74) is -0.522. The van der Waals surface area contributed by atoms with Gasteiger partial charge in [0.15, 0.2) is 0 Å². The number of hydrogen-bond acceptors (Lipinski definition) is 9. The van der Waals surface area contributed by atoms with Crippen molar-refractivity contribution in [3.8, 4) is 5.19 Å². The standard InChI is InChI=1S/C34H37F2N5O6S2/c35-21-8-6-9-23(15-21)37-27-10-5-3-1-2-4-7-20-18-34(20,32(44)40-49(45,46)25-12-13-25)39-30(42)28-17-24(19-41(28)31(27)43)47-33-38-26-14-11-22(36)16-29(26)48-33/h4,6-9,11,14-16,20,24-25,27-28,37H,1-3,5,10,12-13,17-19H2,(H,39,42)(H,40,44)/t20-,24-,27+,28+,34-/m1/s1. The number of nitrogens with zero attached hydrogens (tertiary/aromatic N) is 2. The summed E-state index contributed by atoms with van der Waals surface area (Å²) in [6.45, 7) is 0.0150. The molecule has 260 valence electrons. The number of amides is 3. The van der Waals surface area contributed by atoms with Crippen molar-refractivity contribution >= 4 is 55.0 Å². The second-order valence-corrected chi connectivity index (χ2v) is 16.2. The maximum absolute atomic E-state index is 14.4. The first-order chi connectivity index (χ1) is 23.5. The number of aromatic nitrogens is 1. The number of sulfonamides is 1. The number of anilines is 1. The molecule has 3 amide bonds. The zero-order valence-corrected chi connectivity index (χ0v) is 28.2. The molecule has 5 atom stereocenters. The van der Waals surface area contributed by atoms with Crippen molar-refractivity contribution < 1.29 is 36.3 Å². The molecule has 3 fully saturated rings. The summed E-state index contributed by atoms with van der Waals surface area (Å²) in [4.78, 5) is 48.0. The van der Waals surface area contributed by atoms with Gasteiger partial charge >= 0.3 is 0 Å². The first-order valence-corrected chi connectivity index (χ1v) is 19.0. The van der Waals surface area contributed by atoms with E-state index in [1.807, 2.05) is 12.2 Å². The van der Waals surface area contributed by atoms with Crippen molar-refractivity contribution in [1.29, 1.82) is 0 Å². The van der Waals surface area contributed by atoms with Gasteiger partial charge in [0.05, 0.1) is 22.0 Å². The number of nitrogens with one attached hydrogen (secondary N) is 3. The van der Waals surface area contributed by atoms with Gasteiger partial charge in [-0.25, -0.2) is 22.2 Å². The molecule has 11 nitrogen and oxygen atoms in total. The minimum Gasteiger partial charge on any atom is -0.465 e. The molecule has 2 aliphatic heterocycles. The number of fused-ring (bicyclic) bond motifs is 3. The first-order valence-electron chi connectivity index (χ1n) is 16.6. The maximum atomic E-state index is 14.4. The summed E-state index contributed by atoms with van der Waals surface area (Å²) >= 11 is 1.14. The Balaban J connectivity index is 1.18. The first kappa shape index (κ1) is 33.4. The van der Waals surface area contributed by atoms with Crippen molar-refractivity contribution in [3.63, 3.8) is 0 Å². The van der Waals surface area contributed by atoms with Gasteiger partial charge in [-0.1, -0.05) is 42.4 Å². The van der Waals surface area contributed by atoms with Crippen LogP contribution in [0.2, 0.25) is 0 Å². The number of benzene rings is 2. The summed E-state index contributed by atoms with van der Waals surface area (Å²) in [6, 6.07) is 8.15. The molecule has 0 spiro atoms. The largest absolute Gasteiger partial charge is 0.465 e. The van der Waals surface area contributed by atoms with Crippen LogP contribution in [0.15, 0.2) is 54.6 Å². The molecule has 0 unspecified atom stereocenters. The molecule has 3 N–H and O–H groups in total. The Bertz CT molecular complexity index is 1920. The lowest BCUT2D eigenvalue weighted by Crippen LogP contribution is -2.57. The number of carbonyl (C=O) groups excluding carboxylic acids is 3. The van der Waals surface area contributed by atoms with E-state index in [0.717, 1.165) is 24.2 Å². The SMILES string of the molecule is O=C1N[C@]2(C(=O)NS(=O)(=O)C3CC3)C[C@H]2C=CCCCCC[C@H](Nc2cccc(F)c2)C(=O)N2C[C@H](Oc3nc4ccc(F)cc4s3)C[C@@H]12. The molecule has 3 heterocycles. The van der Waals surface area contributed by atoms with Crippen LogP contribution in [-0.2, 0) is 24.4 Å². The predicted molar refractivity (Wildman–Crippen MR) is 179 cm³/mol. The quantitative estimate of drug-likeness (QED) is 0.306. The number of allylic oxidation sites excluding steroid dienone is 1. The van der Waals surface area contributed by atoms with E-state index < -0.39 is 74.3 Å². The summed E-state index contributed by atoms with van der Waals surface area (Å²) in [5.74, 6) is -3.08. The minimum atomic E-state index is -3.88. The van der Waals surface area contributed by atoms with E-state index in [9.17, 15) is 31.6 Å². The lowest BCUT2D eigenvalue weighted by Gasteiger charge is -2.30. The molecule has 1 aromatic heterocycles. The van der Waals surface area contributed by atoms with Gasteiger partial charge in [-0.15, -0.1) is 0 Å². The third kappa shape index (κ3) is 7.28. The Morgan fingerprint density at radius 2 is 1.88 bits per heavy atom. The molecule has 1 saturated heterocycles. The van der Waals surface area contributed by atoms with Crippen LogP contribution in [0.1, 0.15) is 57.8 Å². The Morgan fingerprint density at radius 1 is 1.06 bits per heavy atom. The van der Waals surface area contributed by atoms with Gasteiger partial charge in [-0.05, 0) is 74.9 Å². The van der Waals surface area contributed by atoms with E-state index >= 15 is 0 Å². The van der Waals surface area contributed by atoms with Crippen molar-refractivity contribution in [2.75, 3.05) is 11.9 Å². The van der Waals surface area contributed by atoms with Crippen molar-refractivity contribution in [3.05, 3.63) is 66.3 Å². The topological polar surface area (TPSA) is 147 Å². The molecule has 2 aromatic carbocycles. The van der Waals surface area contributed by atoms with E-state index in [-0.39, 0.29) is 24.6 Å². The molecule has 3 aromatic rings. The van der Waals surface area contributed by atoms with Crippen molar-refractivity contribution in [1.82, 2.24) is 19.9 Å². The van der Waals surface area contributed by atoms with Gasteiger partial charge < -0.3 is 20.3 Å². The Labute approximate surface area is 286 Å². The van der Waals surface area contributed by atoms with Crippen LogP contribution < -0.4 is 20.1 Å². The number of hydrogen-bond donors (Lipinski definition) is 3. The summed E-state index contributed by atoms with van der Waals surface area (Å²) < 4.78 is 62.4. The third-order valence-corrected chi connectivity index (χ3v) is 12.3. The normalized spacial score (nSPS) is 27.8. The second-order valence-electron chi connectivity index (χ2n) is 13.3. The summed E-state index contributed by atoms with van der Waals surface area (Å²) in [5, 5.41) is 5.65. The maximum Gasteiger partial charge on any atom is 0.274 e. The molecular formula is C34H37F2N5O6S2. The molecular weight excluding hydrogens is 677 g/mol. The van der Waals surface area contributed by atoms with Crippen LogP contribution in [0.25, 0.3) is 10.2 Å². The Morgan fingerprint density at radius 3 is 2.67 bits per heavy atom. The van der Waals surface area contributed by atoms with Crippen LogP contribution in [0, 0.1) is 17.6 Å². The fraction of sp³-hybridized carbons (Fsp3) is 0.471. The van der Waals surface area contributed by atoms with Crippen molar-refractivity contribution in [2.24, 2.45) is 5.92 Å². The second kappa shape index (κ2) is 13.3. The van der Waals surface area contributed by atoms with E-state index in [0.29, 0.717) is 48.0 Å². The predicted octanol–water partition coefficient (Wildman–Crippen LogP) is 4.41. The van der Waals surface area contributed by atoms with Crippen LogP contribution in [0.5, 0.6) is 5.19 Å². The average molecular weight is 714 g/mol. The molecule has 2 saturated carbocycles. The fourth-order valence-electron chi connectivity index (χ4n) is 6.70. The van der Waals surface area contributed by atoms with Crippen LogP contribution in [0.4, 0.5) is 14.5 Å². The van der Waals surface area contributed by atoms with E-state index in [2.05, 4.69) is 20.3 Å². The zero-order chi connectivity index (χ0) is 34.3. The van der Waals surface area contributed by atoms with Crippen LogP contribution in [0.3, 0.4) is 0 Å². The highest BCUT2D eigenvalue weighted by Crippen LogP contribution is 2.46. The highest BCUT2D eigenvalue weighted by molar-refractivity contribution is 7.91. The zero-order valence-electron chi connectivity index (χ0n) is 26.6. The monoisotopic (exact) mass is 713 g/mol. The summed E-state index contributed by atoms with van der Waals surface area (Å²) in [7, 11) is -3.88. The highest BCUT2D eigenvalue weighted by atomic mass is 32.2. The molecule has 2 aliphatic carbocycles. The van der Waals surface area contributed by atoms with Crippen molar-refractivity contribution in [2.45, 2.75) is 86.8 Å². The lowest BCUT2D eigenvalue weighted by atomic mass is 10.0. The van der Waals surface area contributed by atoms with E-state index in [1.54, 1.807) is 18.2 Å². The highest BCUT2D eigenvalue weighted by Gasteiger charge is 2.62. The van der Waals surface area contributed by atoms with Gasteiger partial charge in [0.2, 0.25) is 21.8 Å². The fourth-order valence-corrected chi connectivity index (χ4v) is 8.97. The molecule has 4 aliphatic rings. The van der Waals surface area contributed by atoms with Gasteiger partial charge in [0, 0.05) is 18.0 Å². The van der Waals surface area contributed by atoms with Gasteiger partial charge in [0.25, 0.3) is 11.1 Å². The number of halogens is 2. The molecule has 7 rings (SSSR count). The van der Waals surface area contributed by atoms with E-state index in [4.69, 9.17) is 4.74 Å². The van der Waals surface area contributed by atoms with E-state index in [1.165, 1.54) is 29.2 Å². The van der Waals surface area contributed by atoms with Gasteiger partial charge in [-0.2, -0.15) is 0 Å². The van der Waals surface area contributed by atoms with Crippen LogP contribution in [-0.4, -0.2) is 71.5 Å². The van der Waals surface area contributed by atoms with Crippen LogP contribution >= 0.6 is 11.3 Å². The average Bonchev–Trinajstić information content (AvgIpc) is 3.95. The molecule has 0 bridgehead atoms. The molecule has 49 heavy (non-hydrogen) atoms. The number of ether oxygens (including phenoxy) is 1. The number of thiazole rings is 1. The smallest absolute Gasteiger partial charge is 0.274 e. The van der Waals surface area contributed by atoms with Gasteiger partial charge in [-0.3, -0.25) is 19.1 Å². The summed E-state index contributed by atoms with van der Waals surface area (Å²) in [6.07, 6.45) is 7.81. The lowest BCUT2D eigenvalue weighted by molar-refractivity contribution is -0.140. The van der Waals surface area contributed by atoms with Gasteiger partial charge in [0.1, 0.15) is 35.4 Å². The Hall–Kier alpha value is -4.11. The third-order valence-electron chi connectivity index (χ3n) is 9.61. The number of rotatable bonds is 7. The molecule has 0 radical (unpaired) electrons. The Kier molecular flexibility index (Phi) is 9.07. The molecule has 15 heteroatoms.